The number of hydrogen-bond acceptors (Lipinski definition) is 2. The van der Waals surface area contributed by atoms with Gasteiger partial charge >= 0.3 is 6.03 Å². The number of benzene rings is 1. The lowest BCUT2D eigenvalue weighted by Crippen LogP contribution is -2.31. The van der Waals surface area contributed by atoms with E-state index in [0.29, 0.717) is 6.54 Å². The van der Waals surface area contributed by atoms with E-state index in [4.69, 9.17) is 0 Å². The van der Waals surface area contributed by atoms with Crippen molar-refractivity contribution in [2.75, 3.05) is 12.4 Å². The topological polar surface area (TPSA) is 45.2 Å². The summed E-state index contributed by atoms with van der Waals surface area (Å²) in [5.74, 6) is 0. The van der Waals surface area contributed by atoms with Crippen molar-refractivity contribution in [2.45, 2.75) is 25.8 Å². The first-order valence-corrected chi connectivity index (χ1v) is 7.26. The van der Waals surface area contributed by atoms with Gasteiger partial charge in [0.05, 0.1) is 12.2 Å². The monoisotopic (exact) mass is 281 g/mol. The maximum absolute atomic E-state index is 12.2. The molecule has 0 bridgehead atoms. The van der Waals surface area contributed by atoms with Crippen molar-refractivity contribution in [1.82, 2.24) is 9.88 Å². The summed E-state index contributed by atoms with van der Waals surface area (Å²) in [6.07, 6.45) is 5.22. The predicted molar refractivity (Wildman–Crippen MR) is 83.2 cm³/mol. The lowest BCUT2D eigenvalue weighted by atomic mass is 10.1. The van der Waals surface area contributed by atoms with Crippen LogP contribution in [0.2, 0.25) is 0 Å². The summed E-state index contributed by atoms with van der Waals surface area (Å²) in [5.41, 5.74) is 4.52. The molecule has 1 aliphatic rings. The van der Waals surface area contributed by atoms with Gasteiger partial charge in [-0.2, -0.15) is 0 Å². The van der Waals surface area contributed by atoms with Crippen LogP contribution in [-0.4, -0.2) is 23.0 Å². The molecule has 0 radical (unpaired) electrons. The van der Waals surface area contributed by atoms with Crippen molar-refractivity contribution in [2.24, 2.45) is 0 Å². The smallest absolute Gasteiger partial charge is 0.321 e. The number of rotatable bonds is 3. The van der Waals surface area contributed by atoms with Crippen LogP contribution >= 0.6 is 0 Å². The zero-order chi connectivity index (χ0) is 14.7. The second-order valence-corrected chi connectivity index (χ2v) is 5.44. The number of pyridine rings is 1. The number of carbonyl (C=O) groups excluding carboxylic acids is 1. The molecular weight excluding hydrogens is 262 g/mol. The molecule has 108 valence electrons. The SMILES string of the molecule is CN(Cc1ccccn1)C(=O)Nc1ccc2c(c1)CCC2. The summed E-state index contributed by atoms with van der Waals surface area (Å²) in [6, 6.07) is 11.8. The van der Waals surface area contributed by atoms with Gasteiger partial charge in [0.2, 0.25) is 0 Å². The molecule has 0 unspecified atom stereocenters. The number of hydrogen-bond donors (Lipinski definition) is 1. The maximum atomic E-state index is 12.2. The normalized spacial score (nSPS) is 12.8. The van der Waals surface area contributed by atoms with Crippen molar-refractivity contribution in [3.05, 3.63) is 59.4 Å². The highest BCUT2D eigenvalue weighted by molar-refractivity contribution is 5.89. The number of nitrogens with zero attached hydrogens (tertiary/aromatic N) is 2. The van der Waals surface area contributed by atoms with Crippen molar-refractivity contribution >= 4 is 11.7 Å². The summed E-state index contributed by atoms with van der Waals surface area (Å²) in [6.45, 7) is 0.498. The van der Waals surface area contributed by atoms with Gasteiger partial charge in [0.1, 0.15) is 0 Å². The molecule has 3 rings (SSSR count). The molecule has 1 heterocycles. The number of amides is 2. The third kappa shape index (κ3) is 3.21. The Morgan fingerprint density at radius 2 is 2.10 bits per heavy atom. The van der Waals surface area contributed by atoms with E-state index in [2.05, 4.69) is 22.4 Å². The van der Waals surface area contributed by atoms with E-state index in [1.165, 1.54) is 17.5 Å². The molecule has 0 aliphatic heterocycles. The van der Waals surface area contributed by atoms with Gasteiger partial charge in [-0.15, -0.1) is 0 Å². The Labute approximate surface area is 124 Å². The molecule has 0 fully saturated rings. The third-order valence-electron chi connectivity index (χ3n) is 3.82. The van der Waals surface area contributed by atoms with Crippen molar-refractivity contribution in [1.29, 1.82) is 0 Å². The number of anilines is 1. The number of aromatic nitrogens is 1. The van der Waals surface area contributed by atoms with Crippen LogP contribution in [0, 0.1) is 0 Å². The van der Waals surface area contributed by atoms with Crippen LogP contribution < -0.4 is 5.32 Å². The number of urea groups is 1. The average Bonchev–Trinajstić information content (AvgIpc) is 2.95. The maximum Gasteiger partial charge on any atom is 0.321 e. The highest BCUT2D eigenvalue weighted by Gasteiger charge is 2.13. The van der Waals surface area contributed by atoms with E-state index in [0.717, 1.165) is 24.2 Å². The Morgan fingerprint density at radius 1 is 1.24 bits per heavy atom. The first-order chi connectivity index (χ1) is 10.2. The fourth-order valence-electron chi connectivity index (χ4n) is 2.67. The predicted octanol–water partition coefficient (Wildman–Crippen LogP) is 3.23. The lowest BCUT2D eigenvalue weighted by Gasteiger charge is -2.18. The van der Waals surface area contributed by atoms with E-state index in [-0.39, 0.29) is 6.03 Å². The average molecular weight is 281 g/mol. The van der Waals surface area contributed by atoms with Gasteiger partial charge in [0.25, 0.3) is 0 Å². The molecular formula is C17H19N3O. The molecule has 2 amide bonds. The molecule has 0 spiro atoms. The highest BCUT2D eigenvalue weighted by atomic mass is 16.2. The Balaban J connectivity index is 1.63. The van der Waals surface area contributed by atoms with Crippen molar-refractivity contribution < 1.29 is 4.79 Å². The van der Waals surface area contributed by atoms with E-state index in [1.807, 2.05) is 24.3 Å². The van der Waals surface area contributed by atoms with Crippen LogP contribution in [0.15, 0.2) is 42.6 Å². The molecule has 0 saturated carbocycles. The molecule has 4 nitrogen and oxygen atoms in total. The molecule has 1 aromatic heterocycles. The van der Waals surface area contributed by atoms with Gasteiger partial charge in [-0.05, 0) is 54.7 Å². The van der Waals surface area contributed by atoms with Gasteiger partial charge in [-0.25, -0.2) is 4.79 Å². The van der Waals surface area contributed by atoms with E-state index in [9.17, 15) is 4.79 Å². The summed E-state index contributed by atoms with van der Waals surface area (Å²) < 4.78 is 0. The summed E-state index contributed by atoms with van der Waals surface area (Å²) in [4.78, 5) is 18.1. The molecule has 1 aliphatic carbocycles. The van der Waals surface area contributed by atoms with Crippen LogP contribution in [0.25, 0.3) is 0 Å². The summed E-state index contributed by atoms with van der Waals surface area (Å²) in [5, 5.41) is 2.95. The first-order valence-electron chi connectivity index (χ1n) is 7.26. The van der Waals surface area contributed by atoms with E-state index in [1.54, 1.807) is 18.1 Å². The third-order valence-corrected chi connectivity index (χ3v) is 3.82. The molecule has 0 atom stereocenters. The van der Waals surface area contributed by atoms with E-state index < -0.39 is 0 Å². The highest BCUT2D eigenvalue weighted by Crippen LogP contribution is 2.25. The number of carbonyl (C=O) groups is 1. The van der Waals surface area contributed by atoms with Crippen LogP contribution in [-0.2, 0) is 19.4 Å². The summed E-state index contributed by atoms with van der Waals surface area (Å²) >= 11 is 0. The fourth-order valence-corrected chi connectivity index (χ4v) is 2.67. The Bertz CT molecular complexity index is 640. The molecule has 1 N–H and O–H groups in total. The Hall–Kier alpha value is -2.36. The van der Waals surface area contributed by atoms with Gasteiger partial charge < -0.3 is 10.2 Å². The number of fused-ring (bicyclic) bond motifs is 1. The number of nitrogens with one attached hydrogen (secondary N) is 1. The minimum atomic E-state index is -0.112. The second-order valence-electron chi connectivity index (χ2n) is 5.44. The first kappa shape index (κ1) is 13.6. The fraction of sp³-hybridized carbons (Fsp3) is 0.294. The van der Waals surface area contributed by atoms with Gasteiger partial charge in [0.15, 0.2) is 0 Å². The van der Waals surface area contributed by atoms with E-state index >= 15 is 0 Å². The van der Waals surface area contributed by atoms with Gasteiger partial charge in [0, 0.05) is 18.9 Å². The molecule has 21 heavy (non-hydrogen) atoms. The minimum absolute atomic E-state index is 0.112. The quantitative estimate of drug-likeness (QED) is 0.938. The zero-order valence-corrected chi connectivity index (χ0v) is 12.2. The van der Waals surface area contributed by atoms with Crippen molar-refractivity contribution in [3.8, 4) is 0 Å². The van der Waals surface area contributed by atoms with Gasteiger partial charge in [-0.3, -0.25) is 4.98 Å². The second kappa shape index (κ2) is 5.95. The van der Waals surface area contributed by atoms with Crippen molar-refractivity contribution in [3.63, 3.8) is 0 Å². The van der Waals surface area contributed by atoms with Crippen LogP contribution in [0.3, 0.4) is 0 Å². The largest absolute Gasteiger partial charge is 0.322 e. The lowest BCUT2D eigenvalue weighted by molar-refractivity contribution is 0.220. The Kier molecular flexibility index (Phi) is 3.86. The minimum Gasteiger partial charge on any atom is -0.322 e. The number of aryl methyl sites for hydroxylation is 2. The zero-order valence-electron chi connectivity index (χ0n) is 12.2. The molecule has 4 heteroatoms. The van der Waals surface area contributed by atoms with Gasteiger partial charge in [-0.1, -0.05) is 12.1 Å². The van der Waals surface area contributed by atoms with Crippen LogP contribution in [0.1, 0.15) is 23.2 Å². The molecule has 1 aromatic carbocycles. The molecule has 2 aromatic rings. The van der Waals surface area contributed by atoms with Crippen LogP contribution in [0.4, 0.5) is 10.5 Å². The van der Waals surface area contributed by atoms with Crippen LogP contribution in [0.5, 0.6) is 0 Å². The standard InChI is InChI=1S/C17H19N3O/c1-20(12-16-7-2-3-10-18-16)17(21)19-15-9-8-13-5-4-6-14(13)11-15/h2-3,7-11H,4-6,12H2,1H3,(H,19,21). The summed E-state index contributed by atoms with van der Waals surface area (Å²) in [7, 11) is 1.78. The molecule has 0 saturated heterocycles. The Morgan fingerprint density at radius 3 is 2.90 bits per heavy atom.